The van der Waals surface area contributed by atoms with Crippen LogP contribution >= 0.6 is 11.3 Å². The molecule has 2 amide bonds. The van der Waals surface area contributed by atoms with Gasteiger partial charge in [0.2, 0.25) is 0 Å². The highest BCUT2D eigenvalue weighted by molar-refractivity contribution is 7.14. The molecule has 0 bridgehead atoms. The van der Waals surface area contributed by atoms with Crippen LogP contribution in [0.4, 0.5) is 5.69 Å². The average molecular weight is 328 g/mol. The monoisotopic (exact) mass is 328 g/mol. The summed E-state index contributed by atoms with van der Waals surface area (Å²) in [5.74, 6) is -0.288. The Kier molecular flexibility index (Phi) is 4.48. The van der Waals surface area contributed by atoms with Gasteiger partial charge in [0.15, 0.2) is 0 Å². The van der Waals surface area contributed by atoms with E-state index in [0.29, 0.717) is 22.2 Å². The molecule has 0 spiro atoms. The molecule has 0 aliphatic heterocycles. The van der Waals surface area contributed by atoms with Gasteiger partial charge in [-0.3, -0.25) is 9.59 Å². The number of benzene rings is 1. The minimum atomic E-state index is -0.163. The highest BCUT2D eigenvalue weighted by atomic mass is 32.1. The van der Waals surface area contributed by atoms with E-state index in [1.54, 1.807) is 12.1 Å². The van der Waals surface area contributed by atoms with E-state index in [1.807, 2.05) is 25.1 Å². The number of hydrogen-bond acceptors (Lipinski definition) is 3. The summed E-state index contributed by atoms with van der Waals surface area (Å²) in [6, 6.07) is 9.33. The molecule has 0 unspecified atom stereocenters. The van der Waals surface area contributed by atoms with Crippen LogP contribution in [0.15, 0.2) is 30.3 Å². The van der Waals surface area contributed by atoms with Crippen LogP contribution < -0.4 is 10.6 Å². The van der Waals surface area contributed by atoms with E-state index < -0.39 is 0 Å². The Hall–Kier alpha value is -2.14. The van der Waals surface area contributed by atoms with Gasteiger partial charge in [-0.25, -0.2) is 0 Å². The van der Waals surface area contributed by atoms with E-state index >= 15 is 0 Å². The predicted octanol–water partition coefficient (Wildman–Crippen LogP) is 3.76. The molecule has 0 atom stereocenters. The van der Waals surface area contributed by atoms with Gasteiger partial charge >= 0.3 is 0 Å². The lowest BCUT2D eigenvalue weighted by Gasteiger charge is -2.10. The zero-order chi connectivity index (χ0) is 16.4. The predicted molar refractivity (Wildman–Crippen MR) is 93.3 cm³/mol. The van der Waals surface area contributed by atoms with Crippen LogP contribution in [0.1, 0.15) is 50.2 Å². The van der Waals surface area contributed by atoms with Crippen LogP contribution in [-0.4, -0.2) is 17.9 Å². The largest absolute Gasteiger partial charge is 0.349 e. The Balaban J connectivity index is 1.78. The number of thiophene rings is 1. The molecule has 1 fully saturated rings. The van der Waals surface area contributed by atoms with Gasteiger partial charge in [-0.1, -0.05) is 19.1 Å². The van der Waals surface area contributed by atoms with E-state index in [4.69, 9.17) is 0 Å². The van der Waals surface area contributed by atoms with E-state index in [1.165, 1.54) is 16.2 Å². The maximum atomic E-state index is 12.5. The van der Waals surface area contributed by atoms with E-state index in [-0.39, 0.29) is 11.8 Å². The second-order valence-electron chi connectivity index (χ2n) is 5.82. The quantitative estimate of drug-likeness (QED) is 0.878. The van der Waals surface area contributed by atoms with Gasteiger partial charge in [-0.05, 0) is 49.9 Å². The number of aryl methyl sites for hydroxylation is 2. The third kappa shape index (κ3) is 3.62. The van der Waals surface area contributed by atoms with Crippen molar-refractivity contribution in [1.29, 1.82) is 0 Å². The Morgan fingerprint density at radius 2 is 1.96 bits per heavy atom. The first-order chi connectivity index (χ1) is 11.1. The third-order valence-electron chi connectivity index (χ3n) is 3.90. The van der Waals surface area contributed by atoms with E-state index in [0.717, 1.165) is 24.8 Å². The van der Waals surface area contributed by atoms with E-state index in [2.05, 4.69) is 17.6 Å². The molecule has 2 N–H and O–H groups in total. The fraction of sp³-hybridized carbons (Fsp3) is 0.333. The minimum Gasteiger partial charge on any atom is -0.349 e. The first kappa shape index (κ1) is 15.7. The summed E-state index contributed by atoms with van der Waals surface area (Å²) in [7, 11) is 0. The second-order valence-corrected chi connectivity index (χ2v) is 6.95. The van der Waals surface area contributed by atoms with Gasteiger partial charge < -0.3 is 10.6 Å². The van der Waals surface area contributed by atoms with Crippen molar-refractivity contribution in [3.8, 4) is 0 Å². The molecule has 2 aromatic rings. The van der Waals surface area contributed by atoms with Crippen LogP contribution in [0.2, 0.25) is 0 Å². The molecule has 1 saturated carbocycles. The lowest BCUT2D eigenvalue weighted by Crippen LogP contribution is -2.26. The average Bonchev–Trinajstić information content (AvgIpc) is 3.27. The Labute approximate surface area is 139 Å². The van der Waals surface area contributed by atoms with E-state index in [9.17, 15) is 9.59 Å². The van der Waals surface area contributed by atoms with Crippen LogP contribution in [0.3, 0.4) is 0 Å². The van der Waals surface area contributed by atoms with Crippen molar-refractivity contribution in [2.45, 2.75) is 39.2 Å². The molecule has 1 aromatic heterocycles. The van der Waals surface area contributed by atoms with Gasteiger partial charge in [0.1, 0.15) is 0 Å². The summed E-state index contributed by atoms with van der Waals surface area (Å²) < 4.78 is 0. The summed E-state index contributed by atoms with van der Waals surface area (Å²) in [6.45, 7) is 4.10. The molecule has 120 valence electrons. The Bertz CT molecular complexity index is 747. The maximum absolute atomic E-state index is 12.5. The molecule has 1 aliphatic rings. The molecule has 1 aliphatic carbocycles. The maximum Gasteiger partial charge on any atom is 0.265 e. The number of amides is 2. The molecular formula is C18H20N2O2S. The van der Waals surface area contributed by atoms with Gasteiger partial charge in [0.25, 0.3) is 11.8 Å². The number of anilines is 1. The van der Waals surface area contributed by atoms with Gasteiger partial charge in [0.05, 0.1) is 16.1 Å². The summed E-state index contributed by atoms with van der Waals surface area (Å²) >= 11 is 1.51. The van der Waals surface area contributed by atoms with Crippen molar-refractivity contribution in [3.63, 3.8) is 0 Å². The second kappa shape index (κ2) is 6.54. The van der Waals surface area contributed by atoms with Crippen LogP contribution in [-0.2, 0) is 6.42 Å². The lowest BCUT2D eigenvalue weighted by atomic mass is 10.1. The fourth-order valence-corrected chi connectivity index (χ4v) is 3.46. The summed E-state index contributed by atoms with van der Waals surface area (Å²) in [4.78, 5) is 26.6. The molecule has 1 aromatic carbocycles. The summed E-state index contributed by atoms with van der Waals surface area (Å²) in [6.07, 6.45) is 2.99. The number of nitrogens with one attached hydrogen (secondary N) is 2. The van der Waals surface area contributed by atoms with Crippen molar-refractivity contribution in [1.82, 2.24) is 5.32 Å². The van der Waals surface area contributed by atoms with Crippen LogP contribution in [0.5, 0.6) is 0 Å². The number of rotatable bonds is 5. The third-order valence-corrected chi connectivity index (χ3v) is 5.28. The smallest absolute Gasteiger partial charge is 0.265 e. The summed E-state index contributed by atoms with van der Waals surface area (Å²) in [5.41, 5.74) is 2.21. The normalized spacial score (nSPS) is 13.7. The highest BCUT2D eigenvalue weighted by Crippen LogP contribution is 2.25. The first-order valence-electron chi connectivity index (χ1n) is 7.89. The van der Waals surface area contributed by atoms with Crippen molar-refractivity contribution in [2.24, 2.45) is 0 Å². The SMILES string of the molecule is CCc1sc(C(=O)Nc2ccccc2C(=O)NC2CC2)cc1C. The number of para-hydroxylation sites is 1. The fourth-order valence-electron chi connectivity index (χ4n) is 2.45. The molecule has 0 radical (unpaired) electrons. The van der Waals surface area contributed by atoms with Crippen molar-refractivity contribution < 1.29 is 9.59 Å². The van der Waals surface area contributed by atoms with Crippen molar-refractivity contribution in [3.05, 3.63) is 51.2 Å². The Morgan fingerprint density at radius 3 is 2.61 bits per heavy atom. The Morgan fingerprint density at radius 1 is 1.22 bits per heavy atom. The van der Waals surface area contributed by atoms with Gasteiger partial charge in [0, 0.05) is 10.9 Å². The molecule has 4 nitrogen and oxygen atoms in total. The van der Waals surface area contributed by atoms with Crippen LogP contribution in [0, 0.1) is 6.92 Å². The molecular weight excluding hydrogens is 308 g/mol. The zero-order valence-electron chi connectivity index (χ0n) is 13.3. The van der Waals surface area contributed by atoms with Crippen molar-refractivity contribution >= 4 is 28.8 Å². The zero-order valence-corrected chi connectivity index (χ0v) is 14.1. The number of carbonyl (C=O) groups excluding carboxylic acids is 2. The molecule has 23 heavy (non-hydrogen) atoms. The number of carbonyl (C=O) groups is 2. The van der Waals surface area contributed by atoms with Crippen LogP contribution in [0.25, 0.3) is 0 Å². The lowest BCUT2D eigenvalue weighted by molar-refractivity contribution is 0.0952. The van der Waals surface area contributed by atoms with Gasteiger partial charge in [-0.2, -0.15) is 0 Å². The molecule has 1 heterocycles. The molecule has 3 rings (SSSR count). The topological polar surface area (TPSA) is 58.2 Å². The highest BCUT2D eigenvalue weighted by Gasteiger charge is 2.25. The molecule has 5 heteroatoms. The number of hydrogen-bond donors (Lipinski definition) is 2. The van der Waals surface area contributed by atoms with Crippen molar-refractivity contribution in [2.75, 3.05) is 5.32 Å². The summed E-state index contributed by atoms with van der Waals surface area (Å²) in [5, 5.41) is 5.83. The minimum absolute atomic E-state index is 0.125. The standard InChI is InChI=1S/C18H20N2O2S/c1-3-15-11(2)10-16(23-15)18(22)20-14-7-5-4-6-13(14)17(21)19-12-8-9-12/h4-7,10,12H,3,8-9H2,1-2H3,(H,19,21)(H,20,22). The molecule has 0 saturated heterocycles. The first-order valence-corrected chi connectivity index (χ1v) is 8.70. The van der Waals surface area contributed by atoms with Gasteiger partial charge in [-0.15, -0.1) is 11.3 Å².